The lowest BCUT2D eigenvalue weighted by Gasteiger charge is -2.21. The van der Waals surface area contributed by atoms with Crippen LogP contribution >= 0.6 is 0 Å². The van der Waals surface area contributed by atoms with Gasteiger partial charge in [0.15, 0.2) is 11.5 Å². The molecule has 0 aliphatic heterocycles. The van der Waals surface area contributed by atoms with E-state index in [0.717, 1.165) is 12.2 Å². The molecule has 0 saturated heterocycles. The van der Waals surface area contributed by atoms with Gasteiger partial charge in [-0.05, 0) is 6.54 Å². The van der Waals surface area contributed by atoms with Gasteiger partial charge in [-0.2, -0.15) is 0 Å². The molecule has 0 fully saturated rings. The first-order valence-corrected chi connectivity index (χ1v) is 6.40. The van der Waals surface area contributed by atoms with Gasteiger partial charge in [-0.15, -0.1) is 0 Å². The third-order valence-electron chi connectivity index (χ3n) is 3.00. The molecule has 1 rings (SSSR count). The molecule has 7 heteroatoms. The maximum absolute atomic E-state index is 8.56. The second-order valence-corrected chi connectivity index (χ2v) is 4.20. The predicted octanol–water partition coefficient (Wildman–Crippen LogP) is 1.06. The third-order valence-corrected chi connectivity index (χ3v) is 3.00. The Labute approximate surface area is 119 Å². The molecule has 112 valence electrons. The van der Waals surface area contributed by atoms with Crippen molar-refractivity contribution in [2.24, 2.45) is 10.9 Å². The van der Waals surface area contributed by atoms with E-state index in [2.05, 4.69) is 15.0 Å². The second kappa shape index (κ2) is 8.21. The van der Waals surface area contributed by atoms with E-state index in [1.807, 2.05) is 6.92 Å². The summed E-state index contributed by atoms with van der Waals surface area (Å²) in [6.07, 6.45) is 2.19. The van der Waals surface area contributed by atoms with Crippen LogP contribution in [0.3, 0.4) is 0 Å². The zero-order valence-corrected chi connectivity index (χ0v) is 12.2. The van der Waals surface area contributed by atoms with Gasteiger partial charge in [0.2, 0.25) is 0 Å². The molecule has 3 N–H and O–H groups in total. The third kappa shape index (κ3) is 4.27. The number of pyridine rings is 1. The molecule has 1 aromatic heterocycles. The first kappa shape index (κ1) is 16.0. The summed E-state index contributed by atoms with van der Waals surface area (Å²) in [6.45, 7) is 4.14. The Morgan fingerprint density at radius 3 is 2.75 bits per heavy atom. The minimum Gasteiger partial charge on any atom is -0.493 e. The number of hydrogen-bond donors (Lipinski definition) is 2. The molecule has 0 atom stereocenters. The van der Waals surface area contributed by atoms with Crippen molar-refractivity contribution in [1.82, 2.24) is 9.88 Å². The Morgan fingerprint density at radius 1 is 1.45 bits per heavy atom. The summed E-state index contributed by atoms with van der Waals surface area (Å²) in [4.78, 5) is 6.46. The van der Waals surface area contributed by atoms with E-state index in [4.69, 9.17) is 20.4 Å². The van der Waals surface area contributed by atoms with Gasteiger partial charge >= 0.3 is 0 Å². The van der Waals surface area contributed by atoms with Crippen molar-refractivity contribution in [3.63, 3.8) is 0 Å². The van der Waals surface area contributed by atoms with Crippen LogP contribution < -0.4 is 15.2 Å². The highest BCUT2D eigenvalue weighted by Gasteiger charge is 2.14. The van der Waals surface area contributed by atoms with Crippen LogP contribution in [0.15, 0.2) is 17.4 Å². The molecule has 20 heavy (non-hydrogen) atoms. The number of nitrogens with zero attached hydrogens (tertiary/aromatic N) is 3. The molecule has 0 spiro atoms. The van der Waals surface area contributed by atoms with Gasteiger partial charge in [-0.25, -0.2) is 0 Å². The molecular formula is C13H22N4O3. The fourth-order valence-corrected chi connectivity index (χ4v) is 1.85. The van der Waals surface area contributed by atoms with E-state index in [9.17, 15) is 0 Å². The van der Waals surface area contributed by atoms with E-state index in [1.165, 1.54) is 0 Å². The average Bonchev–Trinajstić information content (AvgIpc) is 2.50. The highest BCUT2D eigenvalue weighted by molar-refractivity contribution is 5.79. The Hall–Kier alpha value is -2.02. The van der Waals surface area contributed by atoms with Gasteiger partial charge in [0, 0.05) is 31.8 Å². The van der Waals surface area contributed by atoms with E-state index < -0.39 is 0 Å². The number of oxime groups is 1. The summed E-state index contributed by atoms with van der Waals surface area (Å²) in [6, 6.07) is 1.76. The quantitative estimate of drug-likeness (QED) is 0.320. The molecule has 1 aromatic rings. The monoisotopic (exact) mass is 282 g/mol. The zero-order chi connectivity index (χ0) is 15.0. The summed E-state index contributed by atoms with van der Waals surface area (Å²) >= 11 is 0. The second-order valence-electron chi connectivity index (χ2n) is 4.20. The molecule has 0 amide bonds. The molecule has 0 unspecified atom stereocenters. The van der Waals surface area contributed by atoms with Crippen molar-refractivity contribution in [3.8, 4) is 11.5 Å². The maximum atomic E-state index is 8.56. The number of aromatic nitrogens is 1. The van der Waals surface area contributed by atoms with Crippen molar-refractivity contribution >= 4 is 5.84 Å². The lowest BCUT2D eigenvalue weighted by Crippen LogP contribution is -2.28. The standard InChI is InChI=1S/C13H22N4O3/c1-4-17(8-6-12(14)16-18)9-10-13(20-3)11(19-2)5-7-15-10/h5,7,18H,4,6,8-9H2,1-3H3,(H2,14,16). The number of methoxy groups -OCH3 is 2. The van der Waals surface area contributed by atoms with Crippen LogP contribution in [0.4, 0.5) is 0 Å². The minimum absolute atomic E-state index is 0.217. The molecule has 1 heterocycles. The molecular weight excluding hydrogens is 260 g/mol. The Balaban J connectivity index is 2.79. The van der Waals surface area contributed by atoms with Crippen molar-refractivity contribution in [3.05, 3.63) is 18.0 Å². The first-order chi connectivity index (χ1) is 9.65. The van der Waals surface area contributed by atoms with Crippen LogP contribution in [0.1, 0.15) is 19.0 Å². The predicted molar refractivity (Wildman–Crippen MR) is 76.3 cm³/mol. The first-order valence-electron chi connectivity index (χ1n) is 6.40. The molecule has 7 nitrogen and oxygen atoms in total. The lowest BCUT2D eigenvalue weighted by molar-refractivity contribution is 0.271. The zero-order valence-electron chi connectivity index (χ0n) is 12.2. The van der Waals surface area contributed by atoms with Gasteiger partial charge in [0.25, 0.3) is 0 Å². The summed E-state index contributed by atoms with van der Waals surface area (Å²) in [5.41, 5.74) is 6.28. The van der Waals surface area contributed by atoms with Gasteiger partial charge in [0.1, 0.15) is 11.5 Å². The number of hydrogen-bond acceptors (Lipinski definition) is 6. The topological polar surface area (TPSA) is 93.2 Å². The van der Waals surface area contributed by atoms with E-state index in [1.54, 1.807) is 26.5 Å². The minimum atomic E-state index is 0.217. The molecule has 0 radical (unpaired) electrons. The number of nitrogens with two attached hydrogens (primary N) is 1. The van der Waals surface area contributed by atoms with Crippen LogP contribution in [-0.2, 0) is 6.54 Å². The molecule has 0 aromatic carbocycles. The highest BCUT2D eigenvalue weighted by atomic mass is 16.5. The normalized spacial score (nSPS) is 11.7. The number of ether oxygens (including phenoxy) is 2. The largest absolute Gasteiger partial charge is 0.493 e. The fourth-order valence-electron chi connectivity index (χ4n) is 1.85. The highest BCUT2D eigenvalue weighted by Crippen LogP contribution is 2.29. The lowest BCUT2D eigenvalue weighted by atomic mass is 10.2. The van der Waals surface area contributed by atoms with Gasteiger partial charge < -0.3 is 20.4 Å². The van der Waals surface area contributed by atoms with E-state index in [-0.39, 0.29) is 5.84 Å². The van der Waals surface area contributed by atoms with Crippen molar-refractivity contribution in [2.75, 3.05) is 27.3 Å². The van der Waals surface area contributed by atoms with E-state index >= 15 is 0 Å². The Morgan fingerprint density at radius 2 is 2.20 bits per heavy atom. The van der Waals surface area contributed by atoms with Crippen LogP contribution in [0.25, 0.3) is 0 Å². The van der Waals surface area contributed by atoms with Crippen LogP contribution in [0.2, 0.25) is 0 Å². The summed E-state index contributed by atoms with van der Waals surface area (Å²) in [7, 11) is 3.19. The summed E-state index contributed by atoms with van der Waals surface area (Å²) in [5, 5.41) is 11.5. The smallest absolute Gasteiger partial charge is 0.183 e. The Bertz CT molecular complexity index is 451. The van der Waals surface area contributed by atoms with E-state index in [0.29, 0.717) is 31.0 Å². The number of amidine groups is 1. The van der Waals surface area contributed by atoms with Gasteiger partial charge in [-0.3, -0.25) is 9.88 Å². The van der Waals surface area contributed by atoms with Gasteiger partial charge in [-0.1, -0.05) is 12.1 Å². The van der Waals surface area contributed by atoms with Crippen LogP contribution in [0.5, 0.6) is 11.5 Å². The van der Waals surface area contributed by atoms with Crippen LogP contribution in [-0.4, -0.2) is 48.2 Å². The summed E-state index contributed by atoms with van der Waals surface area (Å²) in [5.74, 6) is 1.51. The SMILES string of the molecule is CCN(CC/C(N)=N/O)Cc1nccc(OC)c1OC. The van der Waals surface area contributed by atoms with Crippen molar-refractivity contribution in [1.29, 1.82) is 0 Å². The van der Waals surface area contributed by atoms with Crippen molar-refractivity contribution < 1.29 is 14.7 Å². The Kier molecular flexibility index (Phi) is 6.58. The average molecular weight is 282 g/mol. The molecule has 0 aliphatic rings. The molecule has 0 saturated carbocycles. The van der Waals surface area contributed by atoms with Gasteiger partial charge in [0.05, 0.1) is 14.2 Å². The maximum Gasteiger partial charge on any atom is 0.183 e. The fraction of sp³-hybridized carbons (Fsp3) is 0.538. The van der Waals surface area contributed by atoms with Crippen LogP contribution in [0, 0.1) is 0 Å². The van der Waals surface area contributed by atoms with Crippen molar-refractivity contribution in [2.45, 2.75) is 19.9 Å². The molecule has 0 aliphatic carbocycles. The number of rotatable bonds is 8. The summed E-state index contributed by atoms with van der Waals surface area (Å²) < 4.78 is 10.6. The molecule has 0 bridgehead atoms.